The summed E-state index contributed by atoms with van der Waals surface area (Å²) in [5.74, 6) is 1.17. The molecule has 0 aliphatic rings. The van der Waals surface area contributed by atoms with E-state index in [1.54, 1.807) is 41.0 Å². The van der Waals surface area contributed by atoms with Crippen LogP contribution in [0.25, 0.3) is 11.4 Å². The van der Waals surface area contributed by atoms with E-state index in [4.69, 9.17) is 4.74 Å². The lowest BCUT2D eigenvalue weighted by molar-refractivity contribution is 0.101. The van der Waals surface area contributed by atoms with Crippen LogP contribution in [-0.2, 0) is 7.05 Å². The Kier molecular flexibility index (Phi) is 6.43. The minimum atomic E-state index is -0.725. The molecule has 1 aromatic heterocycles. The average Bonchev–Trinajstić information content (AvgIpc) is 3.06. The van der Waals surface area contributed by atoms with Crippen molar-refractivity contribution in [3.63, 3.8) is 0 Å². The van der Waals surface area contributed by atoms with Gasteiger partial charge in [0.25, 0.3) is 0 Å². The van der Waals surface area contributed by atoms with E-state index >= 15 is 0 Å². The number of aromatic nitrogens is 3. The average molecular weight is 401 g/mol. The molecule has 1 atom stereocenters. The van der Waals surface area contributed by atoms with Crippen molar-refractivity contribution < 1.29 is 19.0 Å². The van der Waals surface area contributed by atoms with Crippen LogP contribution < -0.4 is 4.74 Å². The standard InChI is InChI=1S/C20H20FN3O3S/c1-13(25)15-4-3-5-18(10-15)27-11-17(26)12-28-20-23-22-19(24(20)2)14-6-8-16(21)9-7-14/h3-10,17,26H,11-12H2,1-2H3/t17-/m0/s1. The van der Waals surface area contributed by atoms with Crippen LogP contribution >= 0.6 is 11.8 Å². The SMILES string of the molecule is CC(=O)c1cccc(OC[C@H](O)CSc2nnc(-c3ccc(F)cc3)n2C)c1. The number of hydrogen-bond donors (Lipinski definition) is 1. The normalized spacial score (nSPS) is 12.0. The van der Waals surface area contributed by atoms with Crippen molar-refractivity contribution in [2.24, 2.45) is 7.05 Å². The summed E-state index contributed by atoms with van der Waals surface area (Å²) in [5, 5.41) is 19.1. The van der Waals surface area contributed by atoms with Crippen molar-refractivity contribution in [2.75, 3.05) is 12.4 Å². The number of thioether (sulfide) groups is 1. The molecule has 6 nitrogen and oxygen atoms in total. The summed E-state index contributed by atoms with van der Waals surface area (Å²) < 4.78 is 20.4. The van der Waals surface area contributed by atoms with Crippen LogP contribution in [0, 0.1) is 5.82 Å². The van der Waals surface area contributed by atoms with Crippen LogP contribution in [0.3, 0.4) is 0 Å². The molecule has 1 N–H and O–H groups in total. The first kappa shape index (κ1) is 20.0. The van der Waals surface area contributed by atoms with Crippen molar-refractivity contribution >= 4 is 17.5 Å². The van der Waals surface area contributed by atoms with E-state index in [9.17, 15) is 14.3 Å². The van der Waals surface area contributed by atoms with Gasteiger partial charge in [-0.3, -0.25) is 4.79 Å². The molecule has 0 unspecified atom stereocenters. The van der Waals surface area contributed by atoms with Crippen LogP contribution in [0.2, 0.25) is 0 Å². The highest BCUT2D eigenvalue weighted by Gasteiger charge is 2.14. The van der Waals surface area contributed by atoms with Crippen molar-refractivity contribution in [2.45, 2.75) is 18.2 Å². The zero-order chi connectivity index (χ0) is 20.1. The minimum Gasteiger partial charge on any atom is -0.491 e. The minimum absolute atomic E-state index is 0.0409. The molecule has 3 rings (SSSR count). The van der Waals surface area contributed by atoms with E-state index in [-0.39, 0.29) is 18.2 Å². The Balaban J connectivity index is 1.55. The molecule has 0 bridgehead atoms. The molecule has 0 aliphatic carbocycles. The molecule has 2 aromatic carbocycles. The highest BCUT2D eigenvalue weighted by molar-refractivity contribution is 7.99. The molecule has 146 valence electrons. The maximum Gasteiger partial charge on any atom is 0.191 e. The van der Waals surface area contributed by atoms with Crippen LogP contribution in [0.15, 0.2) is 53.7 Å². The topological polar surface area (TPSA) is 77.2 Å². The van der Waals surface area contributed by atoms with Crippen molar-refractivity contribution in [1.82, 2.24) is 14.8 Å². The Morgan fingerprint density at radius 3 is 2.71 bits per heavy atom. The maximum atomic E-state index is 13.1. The lowest BCUT2D eigenvalue weighted by atomic mass is 10.1. The number of ether oxygens (including phenoxy) is 1. The number of ketones is 1. The van der Waals surface area contributed by atoms with Gasteiger partial charge in [-0.15, -0.1) is 10.2 Å². The molecular formula is C20H20FN3O3S. The Bertz CT molecular complexity index is 960. The fourth-order valence-electron chi connectivity index (χ4n) is 2.51. The highest BCUT2D eigenvalue weighted by atomic mass is 32.2. The van der Waals surface area contributed by atoms with Gasteiger partial charge in [-0.1, -0.05) is 23.9 Å². The summed E-state index contributed by atoms with van der Waals surface area (Å²) in [7, 11) is 1.82. The van der Waals surface area contributed by atoms with E-state index in [2.05, 4.69) is 10.2 Å². The molecular weight excluding hydrogens is 381 g/mol. The van der Waals surface area contributed by atoms with Gasteiger partial charge >= 0.3 is 0 Å². The van der Waals surface area contributed by atoms with Crippen molar-refractivity contribution in [3.8, 4) is 17.1 Å². The molecule has 1 heterocycles. The first-order valence-corrected chi connectivity index (χ1v) is 9.62. The van der Waals surface area contributed by atoms with Crippen molar-refractivity contribution in [1.29, 1.82) is 0 Å². The zero-order valence-electron chi connectivity index (χ0n) is 15.5. The molecule has 0 amide bonds. The Morgan fingerprint density at radius 2 is 2.00 bits per heavy atom. The number of Topliss-reactive ketones (excluding diaryl/α,β-unsaturated/α-hetero) is 1. The van der Waals surface area contributed by atoms with E-state index < -0.39 is 6.10 Å². The smallest absolute Gasteiger partial charge is 0.191 e. The van der Waals surface area contributed by atoms with Crippen LogP contribution in [0.5, 0.6) is 5.75 Å². The third kappa shape index (κ3) is 4.96. The summed E-state index contributed by atoms with van der Waals surface area (Å²) in [6, 6.07) is 12.9. The van der Waals surface area contributed by atoms with Gasteiger partial charge in [-0.25, -0.2) is 4.39 Å². The highest BCUT2D eigenvalue weighted by Crippen LogP contribution is 2.23. The Morgan fingerprint density at radius 1 is 1.25 bits per heavy atom. The van der Waals surface area contributed by atoms with Gasteiger partial charge in [0, 0.05) is 23.9 Å². The molecule has 0 fully saturated rings. The van der Waals surface area contributed by atoms with Gasteiger partial charge in [-0.05, 0) is 43.3 Å². The van der Waals surface area contributed by atoms with E-state index in [0.29, 0.717) is 28.0 Å². The molecule has 0 spiro atoms. The van der Waals surface area contributed by atoms with Gasteiger partial charge in [0.2, 0.25) is 0 Å². The van der Waals surface area contributed by atoms with Gasteiger partial charge in [0.15, 0.2) is 16.8 Å². The van der Waals surface area contributed by atoms with Gasteiger partial charge < -0.3 is 14.4 Å². The maximum absolute atomic E-state index is 13.1. The van der Waals surface area contributed by atoms with Crippen LogP contribution in [0.1, 0.15) is 17.3 Å². The molecule has 3 aromatic rings. The van der Waals surface area contributed by atoms with Gasteiger partial charge in [-0.2, -0.15) is 0 Å². The lowest BCUT2D eigenvalue weighted by Crippen LogP contribution is -2.20. The first-order valence-electron chi connectivity index (χ1n) is 8.64. The summed E-state index contributed by atoms with van der Waals surface area (Å²) >= 11 is 1.35. The first-order chi connectivity index (χ1) is 13.4. The fourth-order valence-corrected chi connectivity index (χ4v) is 3.32. The number of carbonyl (C=O) groups is 1. The second-order valence-corrected chi connectivity index (χ2v) is 7.22. The second-order valence-electron chi connectivity index (χ2n) is 6.23. The van der Waals surface area contributed by atoms with Crippen LogP contribution in [0.4, 0.5) is 4.39 Å². The number of carbonyl (C=O) groups excluding carboxylic acids is 1. The second kappa shape index (κ2) is 8.99. The molecule has 28 heavy (non-hydrogen) atoms. The number of halogens is 1. The number of nitrogens with zero attached hydrogens (tertiary/aromatic N) is 3. The summed E-state index contributed by atoms with van der Waals surface area (Å²) in [6.07, 6.45) is -0.725. The monoisotopic (exact) mass is 401 g/mol. The zero-order valence-corrected chi connectivity index (χ0v) is 16.3. The number of aliphatic hydroxyl groups excluding tert-OH is 1. The predicted octanol–water partition coefficient (Wildman–Crippen LogP) is 3.36. The number of aliphatic hydroxyl groups is 1. The number of hydrogen-bond acceptors (Lipinski definition) is 6. The molecule has 0 saturated heterocycles. The lowest BCUT2D eigenvalue weighted by Gasteiger charge is -2.12. The van der Waals surface area contributed by atoms with E-state index in [1.165, 1.54) is 30.8 Å². The number of rotatable bonds is 8. The summed E-state index contributed by atoms with van der Waals surface area (Å²) in [6.45, 7) is 1.59. The summed E-state index contributed by atoms with van der Waals surface area (Å²) in [5.41, 5.74) is 1.33. The van der Waals surface area contributed by atoms with Crippen LogP contribution in [-0.4, -0.2) is 44.1 Å². The van der Waals surface area contributed by atoms with Gasteiger partial charge in [0.1, 0.15) is 18.2 Å². The van der Waals surface area contributed by atoms with Gasteiger partial charge in [0.05, 0.1) is 6.10 Å². The Labute approximate surface area is 166 Å². The van der Waals surface area contributed by atoms with E-state index in [1.807, 2.05) is 7.05 Å². The molecule has 8 heteroatoms. The largest absolute Gasteiger partial charge is 0.491 e. The van der Waals surface area contributed by atoms with E-state index in [0.717, 1.165) is 5.56 Å². The fraction of sp³-hybridized carbons (Fsp3) is 0.250. The molecule has 0 radical (unpaired) electrons. The number of benzene rings is 2. The quantitative estimate of drug-likeness (QED) is 0.461. The molecule has 0 saturated carbocycles. The van der Waals surface area contributed by atoms with Crippen molar-refractivity contribution in [3.05, 3.63) is 59.9 Å². The summed E-state index contributed by atoms with van der Waals surface area (Å²) in [4.78, 5) is 11.4. The third-order valence-corrected chi connectivity index (χ3v) is 5.19. The Hall–Kier alpha value is -2.71. The molecule has 0 aliphatic heterocycles. The third-order valence-electron chi connectivity index (χ3n) is 4.03. The predicted molar refractivity (Wildman–Crippen MR) is 105 cm³/mol.